The summed E-state index contributed by atoms with van der Waals surface area (Å²) in [6.45, 7) is -2.21. The molecule has 42 valence electrons. The summed E-state index contributed by atoms with van der Waals surface area (Å²) in [5.74, 6) is 0. The summed E-state index contributed by atoms with van der Waals surface area (Å²) in [7, 11) is 0. The van der Waals surface area contributed by atoms with Crippen LogP contribution in [-0.2, 0) is 6.56 Å². The van der Waals surface area contributed by atoms with Crippen molar-refractivity contribution in [1.29, 1.82) is 0 Å². The van der Waals surface area contributed by atoms with Crippen LogP contribution >= 0.6 is 0 Å². The third-order valence-corrected chi connectivity index (χ3v) is 0.903. The van der Waals surface area contributed by atoms with E-state index in [1.165, 1.54) is 0 Å². The molecular weight excluding hydrogens is 101 g/mol. The van der Waals surface area contributed by atoms with E-state index in [0.29, 0.717) is 0 Å². The van der Waals surface area contributed by atoms with E-state index < -0.39 is 6.56 Å². The summed E-state index contributed by atoms with van der Waals surface area (Å²) in [5.41, 5.74) is 0.287. The molecule has 0 aliphatic carbocycles. The Morgan fingerprint density at radius 3 is 2.38 bits per heavy atom. The van der Waals surface area contributed by atoms with Crippen LogP contribution in [0.4, 0.5) is 0 Å². The van der Waals surface area contributed by atoms with Crippen LogP contribution in [0.2, 0.25) is 0 Å². The molecule has 0 amide bonds. The number of hydrogen-bond donors (Lipinski definition) is 1. The fourth-order valence-electron chi connectivity index (χ4n) is 0.513. The summed E-state index contributed by atoms with van der Waals surface area (Å²) in [6, 6.07) is 8.22. The van der Waals surface area contributed by atoms with E-state index in [1.54, 1.807) is 30.3 Å². The lowest BCUT2D eigenvalue weighted by atomic mass is 10.3. The van der Waals surface area contributed by atoms with Crippen molar-refractivity contribution in [2.45, 2.75) is 6.56 Å². The highest BCUT2D eigenvalue weighted by Gasteiger charge is 1.81. The molecule has 0 saturated carbocycles. The van der Waals surface area contributed by atoms with Crippen LogP contribution in [0.25, 0.3) is 0 Å². The van der Waals surface area contributed by atoms with Crippen molar-refractivity contribution in [2.75, 3.05) is 0 Å². The molecule has 8 heavy (non-hydrogen) atoms. The first-order valence-electron chi connectivity index (χ1n) is 3.38. The monoisotopic (exact) mass is 111 g/mol. The van der Waals surface area contributed by atoms with Gasteiger partial charge in [0.1, 0.15) is 0 Å². The quantitative estimate of drug-likeness (QED) is 0.539. The van der Waals surface area contributed by atoms with Gasteiger partial charge in [-0.05, 0) is 5.56 Å². The average Bonchev–Trinajstić information content (AvgIpc) is 1.88. The average molecular weight is 111 g/mol. The largest absolute Gasteiger partial charge is 0.392 e. The molecule has 1 aromatic carbocycles. The van der Waals surface area contributed by atoms with E-state index in [4.69, 9.17) is 7.85 Å². The van der Waals surface area contributed by atoms with Gasteiger partial charge in [0.15, 0.2) is 0 Å². The van der Waals surface area contributed by atoms with Crippen LogP contribution in [0.1, 0.15) is 8.30 Å². The van der Waals surface area contributed by atoms with Gasteiger partial charge in [0.2, 0.25) is 0 Å². The number of aliphatic hydroxyl groups is 1. The maximum atomic E-state index is 8.82. The summed E-state index contributed by atoms with van der Waals surface area (Å²) in [5, 5.41) is 8.82. The van der Waals surface area contributed by atoms with Crippen LogP contribution in [-0.4, -0.2) is 5.11 Å². The third kappa shape index (κ3) is 1.07. The molecule has 1 nitrogen and oxygen atoms in total. The van der Waals surface area contributed by atoms with Gasteiger partial charge in [-0.2, -0.15) is 0 Å². The smallest absolute Gasteiger partial charge is 0.0681 e. The SMILES string of the molecule is [2H][13C]([2H])(O)c1ccccc1. The lowest BCUT2D eigenvalue weighted by molar-refractivity contribution is 0.282. The second-order valence-corrected chi connectivity index (χ2v) is 1.48. The minimum Gasteiger partial charge on any atom is -0.392 e. The molecule has 1 aromatic rings. The maximum absolute atomic E-state index is 8.82. The molecule has 0 spiro atoms. The van der Waals surface area contributed by atoms with Crippen molar-refractivity contribution < 1.29 is 7.85 Å². The molecule has 0 aliphatic heterocycles. The molecule has 0 aromatic heterocycles. The van der Waals surface area contributed by atoms with Gasteiger partial charge in [0, 0.05) is 0 Å². The van der Waals surface area contributed by atoms with Crippen molar-refractivity contribution in [3.8, 4) is 0 Å². The zero-order valence-electron chi connectivity index (χ0n) is 6.33. The Labute approximate surface area is 51.4 Å². The molecule has 0 saturated heterocycles. The molecule has 1 heteroatoms. The highest BCUT2D eigenvalue weighted by Crippen LogP contribution is 1.95. The summed E-state index contributed by atoms with van der Waals surface area (Å²) in [4.78, 5) is 0. The highest BCUT2D eigenvalue weighted by molar-refractivity contribution is 5.12. The molecule has 0 fully saturated rings. The molecule has 1 rings (SSSR count). The van der Waals surface area contributed by atoms with Gasteiger partial charge in [-0.3, -0.25) is 0 Å². The zero-order chi connectivity index (χ0) is 7.61. The Morgan fingerprint density at radius 2 is 2.00 bits per heavy atom. The van der Waals surface area contributed by atoms with Crippen molar-refractivity contribution in [2.24, 2.45) is 0 Å². The van der Waals surface area contributed by atoms with Crippen molar-refractivity contribution in [3.63, 3.8) is 0 Å². The third-order valence-electron chi connectivity index (χ3n) is 0.903. The van der Waals surface area contributed by atoms with E-state index in [2.05, 4.69) is 0 Å². The molecule has 0 unspecified atom stereocenters. The molecular formula is C7H8O. The van der Waals surface area contributed by atoms with Gasteiger partial charge >= 0.3 is 0 Å². The Hall–Kier alpha value is -0.820. The van der Waals surface area contributed by atoms with E-state index in [0.717, 1.165) is 0 Å². The summed E-state index contributed by atoms with van der Waals surface area (Å²) >= 11 is 0. The van der Waals surface area contributed by atoms with E-state index in [-0.39, 0.29) is 5.56 Å². The second kappa shape index (κ2) is 2.48. The minimum absolute atomic E-state index is 0.287. The van der Waals surface area contributed by atoms with Gasteiger partial charge in [-0.15, -0.1) is 0 Å². The summed E-state index contributed by atoms with van der Waals surface area (Å²) in [6.07, 6.45) is 0. The van der Waals surface area contributed by atoms with Crippen molar-refractivity contribution >= 4 is 0 Å². The molecule has 0 heterocycles. The highest BCUT2D eigenvalue weighted by atomic mass is 16.3. The minimum atomic E-state index is -2.21. The van der Waals surface area contributed by atoms with Gasteiger partial charge in [0.25, 0.3) is 0 Å². The topological polar surface area (TPSA) is 20.2 Å². The Kier molecular flexibility index (Phi) is 1.01. The first-order chi connectivity index (χ1) is 4.61. The van der Waals surface area contributed by atoms with Crippen LogP contribution in [0.5, 0.6) is 0 Å². The molecule has 0 bridgehead atoms. The van der Waals surface area contributed by atoms with Gasteiger partial charge in [-0.25, -0.2) is 0 Å². The Morgan fingerprint density at radius 1 is 1.38 bits per heavy atom. The predicted octanol–water partition coefficient (Wildman–Crippen LogP) is 1.18. The lowest BCUT2D eigenvalue weighted by Gasteiger charge is -1.89. The van der Waals surface area contributed by atoms with Crippen LogP contribution < -0.4 is 0 Å². The summed E-state index contributed by atoms with van der Waals surface area (Å²) < 4.78 is 13.8. The van der Waals surface area contributed by atoms with Crippen LogP contribution in [0.15, 0.2) is 30.3 Å². The number of hydrogen-bond acceptors (Lipinski definition) is 1. The Balaban J connectivity index is 2.97. The van der Waals surface area contributed by atoms with Crippen molar-refractivity contribution in [1.82, 2.24) is 0 Å². The van der Waals surface area contributed by atoms with Gasteiger partial charge < -0.3 is 5.11 Å². The molecule has 0 aliphatic rings. The zero-order valence-corrected chi connectivity index (χ0v) is 4.33. The van der Waals surface area contributed by atoms with Gasteiger partial charge in [-0.1, -0.05) is 30.3 Å². The molecule has 0 radical (unpaired) electrons. The van der Waals surface area contributed by atoms with E-state index in [9.17, 15) is 0 Å². The van der Waals surface area contributed by atoms with Gasteiger partial charge in [0.05, 0.1) is 9.30 Å². The first-order valence-corrected chi connectivity index (χ1v) is 2.38. The molecule has 1 N–H and O–H groups in total. The predicted molar refractivity (Wildman–Crippen MR) is 32.4 cm³/mol. The Bertz CT molecular complexity index is 203. The van der Waals surface area contributed by atoms with Crippen molar-refractivity contribution in [3.05, 3.63) is 35.9 Å². The fourth-order valence-corrected chi connectivity index (χ4v) is 0.513. The normalized spacial score (nSPS) is 14.6. The molecule has 0 atom stereocenters. The fraction of sp³-hybridized carbons (Fsp3) is 0.143. The van der Waals surface area contributed by atoms with Crippen LogP contribution in [0.3, 0.4) is 0 Å². The maximum Gasteiger partial charge on any atom is 0.0681 e. The first kappa shape index (κ1) is 3.25. The second-order valence-electron chi connectivity index (χ2n) is 1.48. The number of benzene rings is 1. The van der Waals surface area contributed by atoms with E-state index in [1.807, 2.05) is 0 Å². The number of rotatable bonds is 1. The van der Waals surface area contributed by atoms with E-state index >= 15 is 0 Å². The lowest BCUT2D eigenvalue weighted by Crippen LogP contribution is -1.77. The standard InChI is InChI=1S/C7H8O/c8-6-7-4-2-1-3-5-7/h1-5,8H,6H2/i6+1D2. The van der Waals surface area contributed by atoms with Crippen LogP contribution in [0, 0.1) is 0 Å².